The summed E-state index contributed by atoms with van der Waals surface area (Å²) in [6.07, 6.45) is 3.26. The molecule has 6 heteroatoms. The molecule has 3 aromatic rings. The summed E-state index contributed by atoms with van der Waals surface area (Å²) in [4.78, 5) is 31.0. The van der Waals surface area contributed by atoms with E-state index in [1.165, 1.54) is 10.6 Å². The third kappa shape index (κ3) is 5.37. The van der Waals surface area contributed by atoms with E-state index in [4.69, 9.17) is 4.74 Å². The van der Waals surface area contributed by atoms with Crippen LogP contribution in [0.4, 0.5) is 0 Å². The van der Waals surface area contributed by atoms with Crippen molar-refractivity contribution >= 4 is 5.78 Å². The predicted octanol–water partition coefficient (Wildman–Crippen LogP) is 2.77. The summed E-state index contributed by atoms with van der Waals surface area (Å²) in [5.74, 6) is 0.264. The highest BCUT2D eigenvalue weighted by Crippen LogP contribution is 2.10. The molecule has 0 radical (unpaired) electrons. The lowest BCUT2D eigenvalue weighted by atomic mass is 10.2. The number of Topliss-reactive ketones (excluding diaryl/α,β-unsaturated/α-hetero) is 1. The van der Waals surface area contributed by atoms with Gasteiger partial charge in [0.15, 0.2) is 0 Å². The van der Waals surface area contributed by atoms with Crippen LogP contribution in [0, 0.1) is 0 Å². The fourth-order valence-electron chi connectivity index (χ4n) is 2.73. The maximum Gasteiger partial charge on any atom is 0.254 e. The molecule has 0 aliphatic rings. The van der Waals surface area contributed by atoms with Crippen LogP contribution < -0.4 is 10.3 Å². The lowest BCUT2D eigenvalue weighted by Gasteiger charge is -2.10. The van der Waals surface area contributed by atoms with E-state index in [0.717, 1.165) is 17.7 Å². The first-order valence-electron chi connectivity index (χ1n) is 9.01. The highest BCUT2D eigenvalue weighted by atomic mass is 16.5. The van der Waals surface area contributed by atoms with E-state index >= 15 is 0 Å². The van der Waals surface area contributed by atoms with Crippen LogP contribution in [0.15, 0.2) is 71.8 Å². The largest absolute Gasteiger partial charge is 0.489 e. The molecule has 0 unspecified atom stereocenters. The van der Waals surface area contributed by atoms with Crippen molar-refractivity contribution in [3.05, 3.63) is 94.2 Å². The van der Waals surface area contributed by atoms with Gasteiger partial charge >= 0.3 is 0 Å². The van der Waals surface area contributed by atoms with E-state index in [9.17, 15) is 9.59 Å². The number of carbonyl (C=O) groups excluding carboxylic acids is 1. The molecule has 0 fully saturated rings. The smallest absolute Gasteiger partial charge is 0.254 e. The molecule has 3 rings (SSSR count). The summed E-state index contributed by atoms with van der Waals surface area (Å²) in [6, 6.07) is 16.4. The molecule has 2 aromatic heterocycles. The minimum absolute atomic E-state index is 0.0577. The Morgan fingerprint density at radius 2 is 1.86 bits per heavy atom. The molecule has 0 aliphatic heterocycles. The van der Waals surface area contributed by atoms with Gasteiger partial charge in [-0.1, -0.05) is 36.4 Å². The Kier molecular flexibility index (Phi) is 6.34. The van der Waals surface area contributed by atoms with Crippen LogP contribution in [-0.2, 0) is 19.7 Å². The second-order valence-corrected chi connectivity index (χ2v) is 6.82. The lowest BCUT2D eigenvalue weighted by molar-refractivity contribution is 0.0966. The molecule has 0 saturated carbocycles. The quantitative estimate of drug-likeness (QED) is 0.565. The maximum absolute atomic E-state index is 12.4. The van der Waals surface area contributed by atoms with Gasteiger partial charge in [-0.2, -0.15) is 0 Å². The number of nitrogens with zero attached hydrogens (tertiary/aromatic N) is 3. The van der Waals surface area contributed by atoms with Crippen LogP contribution in [-0.4, -0.2) is 34.3 Å². The van der Waals surface area contributed by atoms with Gasteiger partial charge in [0.1, 0.15) is 18.1 Å². The van der Waals surface area contributed by atoms with Crippen LogP contribution >= 0.6 is 0 Å². The summed E-state index contributed by atoms with van der Waals surface area (Å²) in [6.45, 7) is 1.08. The van der Waals surface area contributed by atoms with Crippen molar-refractivity contribution in [2.75, 3.05) is 14.1 Å². The fourth-order valence-corrected chi connectivity index (χ4v) is 2.73. The normalized spacial score (nSPS) is 10.8. The molecular formula is C22H23N3O3. The molecule has 0 saturated heterocycles. The van der Waals surface area contributed by atoms with E-state index in [2.05, 4.69) is 4.98 Å². The van der Waals surface area contributed by atoms with Crippen LogP contribution in [0.5, 0.6) is 5.75 Å². The molecule has 6 nitrogen and oxygen atoms in total. The number of ketones is 1. The number of benzene rings is 1. The van der Waals surface area contributed by atoms with Crippen molar-refractivity contribution in [3.8, 4) is 5.75 Å². The zero-order valence-corrected chi connectivity index (χ0v) is 16.0. The first-order chi connectivity index (χ1) is 13.5. The molecule has 0 amide bonds. The predicted molar refractivity (Wildman–Crippen MR) is 107 cm³/mol. The van der Waals surface area contributed by atoms with Gasteiger partial charge in [0.25, 0.3) is 5.56 Å². The number of aromatic nitrogens is 2. The summed E-state index contributed by atoms with van der Waals surface area (Å²) in [7, 11) is 3.94. The highest BCUT2D eigenvalue weighted by molar-refractivity contribution is 5.94. The second-order valence-electron chi connectivity index (χ2n) is 6.82. The molecule has 0 N–H and O–H groups in total. The van der Waals surface area contributed by atoms with E-state index in [1.54, 1.807) is 24.5 Å². The Labute approximate surface area is 164 Å². The van der Waals surface area contributed by atoms with Gasteiger partial charge < -0.3 is 14.2 Å². The third-order valence-corrected chi connectivity index (χ3v) is 4.14. The summed E-state index contributed by atoms with van der Waals surface area (Å²) >= 11 is 0. The van der Waals surface area contributed by atoms with E-state index < -0.39 is 0 Å². The Hall–Kier alpha value is -3.25. The standard InChI is InChI=1S/C22H23N3O3/c1-24(2)14-18-8-9-20(23-13-18)21(26)15-25-11-10-19(12-22(25)27)28-16-17-6-4-3-5-7-17/h3-13H,14-16H2,1-2H3. The molecule has 2 heterocycles. The van der Waals surface area contributed by atoms with Crippen molar-refractivity contribution in [1.82, 2.24) is 14.5 Å². The summed E-state index contributed by atoms with van der Waals surface area (Å²) in [5.41, 5.74) is 2.10. The van der Waals surface area contributed by atoms with Crippen molar-refractivity contribution in [2.45, 2.75) is 19.7 Å². The van der Waals surface area contributed by atoms with Crippen LogP contribution in [0.2, 0.25) is 0 Å². The zero-order chi connectivity index (χ0) is 19.9. The number of hydrogen-bond donors (Lipinski definition) is 0. The lowest BCUT2D eigenvalue weighted by Crippen LogP contribution is -2.23. The van der Waals surface area contributed by atoms with Crippen LogP contribution in [0.3, 0.4) is 0 Å². The van der Waals surface area contributed by atoms with Gasteiger partial charge in [0.2, 0.25) is 5.78 Å². The zero-order valence-electron chi connectivity index (χ0n) is 16.0. The summed E-state index contributed by atoms with van der Waals surface area (Å²) < 4.78 is 7.00. The molecule has 0 atom stereocenters. The number of hydrogen-bond acceptors (Lipinski definition) is 5. The fraction of sp³-hybridized carbons (Fsp3) is 0.227. The van der Waals surface area contributed by atoms with E-state index in [0.29, 0.717) is 18.1 Å². The summed E-state index contributed by atoms with van der Waals surface area (Å²) in [5, 5.41) is 0. The number of carbonyl (C=O) groups is 1. The SMILES string of the molecule is CN(C)Cc1ccc(C(=O)Cn2ccc(OCc3ccccc3)cc2=O)nc1. The Morgan fingerprint density at radius 3 is 2.50 bits per heavy atom. The average molecular weight is 377 g/mol. The van der Waals surface area contributed by atoms with Gasteiger partial charge in [-0.25, -0.2) is 0 Å². The van der Waals surface area contributed by atoms with Gasteiger partial charge in [-0.05, 0) is 37.4 Å². The minimum Gasteiger partial charge on any atom is -0.489 e. The van der Waals surface area contributed by atoms with Crippen molar-refractivity contribution in [1.29, 1.82) is 0 Å². The molecule has 144 valence electrons. The molecule has 1 aromatic carbocycles. The first kappa shape index (κ1) is 19.5. The Bertz CT molecular complexity index is 980. The topological polar surface area (TPSA) is 64.4 Å². The Morgan fingerprint density at radius 1 is 1.07 bits per heavy atom. The highest BCUT2D eigenvalue weighted by Gasteiger charge is 2.10. The van der Waals surface area contributed by atoms with Gasteiger partial charge in [0, 0.05) is 25.0 Å². The monoisotopic (exact) mass is 377 g/mol. The molecule has 0 spiro atoms. The van der Waals surface area contributed by atoms with Gasteiger partial charge in [0.05, 0.1) is 6.54 Å². The van der Waals surface area contributed by atoms with Crippen molar-refractivity contribution in [3.63, 3.8) is 0 Å². The van der Waals surface area contributed by atoms with Crippen LogP contribution in [0.25, 0.3) is 0 Å². The molecular weight excluding hydrogens is 354 g/mol. The number of rotatable bonds is 8. The number of pyridine rings is 2. The second kappa shape index (κ2) is 9.10. The third-order valence-electron chi connectivity index (χ3n) is 4.14. The number of ether oxygens (including phenoxy) is 1. The first-order valence-corrected chi connectivity index (χ1v) is 9.01. The molecule has 0 bridgehead atoms. The van der Waals surface area contributed by atoms with Crippen molar-refractivity contribution in [2.24, 2.45) is 0 Å². The average Bonchev–Trinajstić information content (AvgIpc) is 2.69. The van der Waals surface area contributed by atoms with Gasteiger partial charge in [-0.15, -0.1) is 0 Å². The maximum atomic E-state index is 12.4. The van der Waals surface area contributed by atoms with Gasteiger partial charge in [-0.3, -0.25) is 14.6 Å². The van der Waals surface area contributed by atoms with E-state index in [1.807, 2.05) is 55.4 Å². The van der Waals surface area contributed by atoms with E-state index in [-0.39, 0.29) is 17.9 Å². The Balaban J connectivity index is 1.62. The van der Waals surface area contributed by atoms with Crippen LogP contribution in [0.1, 0.15) is 21.6 Å². The van der Waals surface area contributed by atoms with Crippen molar-refractivity contribution < 1.29 is 9.53 Å². The minimum atomic E-state index is -0.289. The molecule has 28 heavy (non-hydrogen) atoms. The molecule has 0 aliphatic carbocycles.